The topological polar surface area (TPSA) is 108 Å². The average Bonchev–Trinajstić information content (AvgIpc) is 3.78. The second-order valence-corrected chi connectivity index (χ2v) is 14.3. The van der Waals surface area contributed by atoms with Crippen molar-refractivity contribution in [2.75, 3.05) is 44.6 Å². The van der Waals surface area contributed by atoms with Crippen LogP contribution in [0.3, 0.4) is 0 Å². The van der Waals surface area contributed by atoms with Crippen LogP contribution in [0.5, 0.6) is 5.75 Å². The third kappa shape index (κ3) is 9.41. The first-order chi connectivity index (χ1) is 20.5. The van der Waals surface area contributed by atoms with Crippen LogP contribution in [-0.4, -0.2) is 87.4 Å². The summed E-state index contributed by atoms with van der Waals surface area (Å²) in [5, 5.41) is 10.2. The number of anilines is 1. The molecule has 1 aliphatic heterocycles. The zero-order valence-corrected chi connectivity index (χ0v) is 27.1. The van der Waals surface area contributed by atoms with Gasteiger partial charge in [0.1, 0.15) is 5.75 Å². The van der Waals surface area contributed by atoms with Crippen molar-refractivity contribution in [2.24, 2.45) is 11.8 Å². The second-order valence-electron chi connectivity index (χ2n) is 12.6. The van der Waals surface area contributed by atoms with Crippen molar-refractivity contribution in [1.29, 1.82) is 0 Å². The molecule has 1 aliphatic carbocycles. The van der Waals surface area contributed by atoms with Gasteiger partial charge in [0.05, 0.1) is 35.3 Å². The SMILES string of the molecule is Cc1ccc(S(=O)(=O)Nc2ccc3c(c2)C(=O)N([C@H](C)CO)C[C@H](C)[C@H](CN(C)CC2CC2)OCCCC[C@H](C)O3)cc1. The minimum Gasteiger partial charge on any atom is -0.490 e. The summed E-state index contributed by atoms with van der Waals surface area (Å²) in [7, 11) is -1.74. The first-order valence-corrected chi connectivity index (χ1v) is 17.1. The fourth-order valence-corrected chi connectivity index (χ4v) is 6.55. The molecule has 1 saturated carbocycles. The van der Waals surface area contributed by atoms with E-state index in [0.29, 0.717) is 18.9 Å². The fraction of sp³-hybridized carbons (Fsp3) is 0.606. The van der Waals surface area contributed by atoms with Crippen molar-refractivity contribution < 1.29 is 27.8 Å². The van der Waals surface area contributed by atoms with E-state index in [1.54, 1.807) is 47.4 Å². The number of likely N-dealkylation sites (N-methyl/N-ethyl adjacent to an activating group) is 1. The van der Waals surface area contributed by atoms with Gasteiger partial charge in [-0.15, -0.1) is 0 Å². The van der Waals surface area contributed by atoms with E-state index in [-0.39, 0.29) is 46.8 Å². The Hall–Kier alpha value is -2.66. The number of hydrogen-bond acceptors (Lipinski definition) is 7. The van der Waals surface area contributed by atoms with Gasteiger partial charge in [-0.05, 0) is 96.2 Å². The zero-order valence-electron chi connectivity index (χ0n) is 26.3. The smallest absolute Gasteiger partial charge is 0.261 e. The number of fused-ring (bicyclic) bond motifs is 1. The monoisotopic (exact) mass is 615 g/mol. The number of aliphatic hydroxyl groups excluding tert-OH is 1. The van der Waals surface area contributed by atoms with Crippen LogP contribution in [0.1, 0.15) is 68.8 Å². The summed E-state index contributed by atoms with van der Waals surface area (Å²) < 4.78 is 41.7. The van der Waals surface area contributed by atoms with E-state index in [4.69, 9.17) is 9.47 Å². The number of hydrogen-bond donors (Lipinski definition) is 2. The normalized spacial score (nSPS) is 23.3. The van der Waals surface area contributed by atoms with Gasteiger partial charge >= 0.3 is 0 Å². The second kappa shape index (κ2) is 14.9. The van der Waals surface area contributed by atoms with Gasteiger partial charge in [0.15, 0.2) is 0 Å². The molecule has 0 saturated heterocycles. The first kappa shape index (κ1) is 33.2. The Bertz CT molecular complexity index is 1310. The lowest BCUT2D eigenvalue weighted by Gasteiger charge is -2.36. The van der Waals surface area contributed by atoms with Crippen LogP contribution in [0.4, 0.5) is 5.69 Å². The van der Waals surface area contributed by atoms with Crippen molar-refractivity contribution in [2.45, 2.75) is 82.9 Å². The van der Waals surface area contributed by atoms with Crippen molar-refractivity contribution in [3.05, 3.63) is 53.6 Å². The summed E-state index contributed by atoms with van der Waals surface area (Å²) in [5.41, 5.74) is 1.47. The molecule has 9 nitrogen and oxygen atoms in total. The predicted octanol–water partition coefficient (Wildman–Crippen LogP) is 4.93. The van der Waals surface area contributed by atoms with Gasteiger partial charge < -0.3 is 24.4 Å². The third-order valence-electron chi connectivity index (χ3n) is 8.39. The van der Waals surface area contributed by atoms with Crippen LogP contribution in [0, 0.1) is 18.8 Å². The molecule has 0 unspecified atom stereocenters. The number of carbonyl (C=O) groups is 1. The zero-order chi connectivity index (χ0) is 31.1. The maximum atomic E-state index is 14.3. The van der Waals surface area contributed by atoms with Gasteiger partial charge in [0.2, 0.25) is 0 Å². The van der Waals surface area contributed by atoms with Crippen LogP contribution in [0.25, 0.3) is 0 Å². The molecular weight excluding hydrogens is 566 g/mol. The minimum atomic E-state index is -3.88. The Kier molecular flexibility index (Phi) is 11.5. The van der Waals surface area contributed by atoms with E-state index >= 15 is 0 Å². The van der Waals surface area contributed by atoms with Crippen LogP contribution in [-0.2, 0) is 14.8 Å². The summed E-state index contributed by atoms with van der Waals surface area (Å²) in [6, 6.07) is 11.0. The van der Waals surface area contributed by atoms with Crippen molar-refractivity contribution in [3.63, 3.8) is 0 Å². The highest BCUT2D eigenvalue weighted by Gasteiger charge is 2.31. The number of ether oxygens (including phenoxy) is 2. The number of benzene rings is 2. The van der Waals surface area contributed by atoms with E-state index < -0.39 is 16.1 Å². The molecule has 4 rings (SSSR count). The molecule has 1 heterocycles. The minimum absolute atomic E-state index is 0.00550. The summed E-state index contributed by atoms with van der Waals surface area (Å²) in [4.78, 5) is 18.4. The molecule has 2 aromatic carbocycles. The number of nitrogens with one attached hydrogen (secondary N) is 1. The standard InChI is InChI=1S/C33H49N3O6S/c1-23-9-14-29(15-10-23)43(39,40)34-28-13-16-31-30(18-28)33(38)36(25(3)22-37)19-24(2)32(21-35(5)20-27-11-12-27)41-17-7-6-8-26(4)42-31/h9-10,13-16,18,24-27,32,34,37H,6-8,11-12,17,19-22H2,1-5H3/t24-,25+,26-,32-/m0/s1. The molecule has 0 bridgehead atoms. The molecule has 1 fully saturated rings. The van der Waals surface area contributed by atoms with E-state index in [2.05, 4.69) is 23.6 Å². The average molecular weight is 616 g/mol. The maximum absolute atomic E-state index is 14.3. The molecule has 0 radical (unpaired) electrons. The highest BCUT2D eigenvalue weighted by molar-refractivity contribution is 7.92. The van der Waals surface area contributed by atoms with Gasteiger partial charge in [0, 0.05) is 37.8 Å². The molecule has 0 aromatic heterocycles. The van der Waals surface area contributed by atoms with E-state index in [9.17, 15) is 18.3 Å². The molecule has 2 aromatic rings. The Labute approximate surface area is 257 Å². The fourth-order valence-electron chi connectivity index (χ4n) is 5.50. The van der Waals surface area contributed by atoms with Gasteiger partial charge in [-0.3, -0.25) is 9.52 Å². The summed E-state index contributed by atoms with van der Waals surface area (Å²) in [5.74, 6) is 0.831. The van der Waals surface area contributed by atoms with Gasteiger partial charge in [-0.1, -0.05) is 24.6 Å². The van der Waals surface area contributed by atoms with Gasteiger partial charge in [-0.25, -0.2) is 8.42 Å². The van der Waals surface area contributed by atoms with Crippen molar-refractivity contribution in [1.82, 2.24) is 9.80 Å². The van der Waals surface area contributed by atoms with E-state index in [0.717, 1.165) is 43.8 Å². The largest absolute Gasteiger partial charge is 0.490 e. The summed E-state index contributed by atoms with van der Waals surface area (Å²) >= 11 is 0. The number of nitrogens with zero attached hydrogens (tertiary/aromatic N) is 2. The Morgan fingerprint density at radius 3 is 2.47 bits per heavy atom. The number of carbonyl (C=O) groups excluding carboxylic acids is 1. The van der Waals surface area contributed by atoms with E-state index in [1.165, 1.54) is 12.8 Å². The number of rotatable bonds is 9. The molecule has 10 heteroatoms. The molecule has 4 atom stereocenters. The van der Waals surface area contributed by atoms with Crippen LogP contribution >= 0.6 is 0 Å². The van der Waals surface area contributed by atoms with Gasteiger partial charge in [0.25, 0.3) is 15.9 Å². The molecule has 43 heavy (non-hydrogen) atoms. The molecule has 238 valence electrons. The third-order valence-corrected chi connectivity index (χ3v) is 9.79. The molecule has 1 amide bonds. The van der Waals surface area contributed by atoms with Crippen LogP contribution < -0.4 is 9.46 Å². The molecule has 2 aliphatic rings. The van der Waals surface area contributed by atoms with Crippen molar-refractivity contribution >= 4 is 21.6 Å². The molecular formula is C33H49N3O6S. The number of sulfonamides is 1. The lowest BCUT2D eigenvalue weighted by Crippen LogP contribution is -2.47. The van der Waals surface area contributed by atoms with Crippen LogP contribution in [0.2, 0.25) is 0 Å². The van der Waals surface area contributed by atoms with Crippen molar-refractivity contribution in [3.8, 4) is 5.75 Å². The Balaban J connectivity index is 1.65. The number of amides is 1. The van der Waals surface area contributed by atoms with Gasteiger partial charge in [-0.2, -0.15) is 0 Å². The molecule has 2 N–H and O–H groups in total. The summed E-state index contributed by atoms with van der Waals surface area (Å²) in [6.07, 6.45) is 4.95. The maximum Gasteiger partial charge on any atom is 0.261 e. The van der Waals surface area contributed by atoms with E-state index in [1.807, 2.05) is 20.8 Å². The lowest BCUT2D eigenvalue weighted by atomic mass is 10.0. The quantitative estimate of drug-likeness (QED) is 0.412. The number of aliphatic hydroxyl groups is 1. The highest BCUT2D eigenvalue weighted by atomic mass is 32.2. The summed E-state index contributed by atoms with van der Waals surface area (Å²) in [6.45, 7) is 10.4. The Morgan fingerprint density at radius 2 is 1.79 bits per heavy atom. The highest BCUT2D eigenvalue weighted by Crippen LogP contribution is 2.31. The first-order valence-electron chi connectivity index (χ1n) is 15.6. The number of aryl methyl sites for hydroxylation is 1. The Morgan fingerprint density at radius 1 is 1.07 bits per heavy atom. The molecule has 0 spiro atoms. The predicted molar refractivity (Wildman–Crippen MR) is 169 cm³/mol. The lowest BCUT2D eigenvalue weighted by molar-refractivity contribution is -0.0172. The van der Waals surface area contributed by atoms with Crippen LogP contribution in [0.15, 0.2) is 47.4 Å².